The highest BCUT2D eigenvalue weighted by Crippen LogP contribution is 2.36. The van der Waals surface area contributed by atoms with Gasteiger partial charge in [-0.25, -0.2) is 8.42 Å². The molecule has 0 saturated heterocycles. The second kappa shape index (κ2) is 8.10. The smallest absolute Gasteiger partial charge is 0.252 e. The molecular weight excluding hydrogens is 452 g/mol. The van der Waals surface area contributed by atoms with E-state index in [-0.39, 0.29) is 29.8 Å². The minimum atomic E-state index is -3.85. The lowest BCUT2D eigenvalue weighted by molar-refractivity contribution is 0.174. The van der Waals surface area contributed by atoms with Crippen LogP contribution in [0.4, 0.5) is 0 Å². The molecule has 168 valence electrons. The van der Waals surface area contributed by atoms with Crippen molar-refractivity contribution in [3.63, 3.8) is 0 Å². The molecule has 1 saturated carbocycles. The van der Waals surface area contributed by atoms with E-state index in [4.69, 9.17) is 21.1 Å². The van der Waals surface area contributed by atoms with Crippen molar-refractivity contribution in [2.75, 3.05) is 6.79 Å². The third-order valence-electron chi connectivity index (χ3n) is 6.22. The van der Waals surface area contributed by atoms with Crippen molar-refractivity contribution < 1.29 is 17.9 Å². The molecule has 2 heterocycles. The van der Waals surface area contributed by atoms with Crippen LogP contribution in [-0.2, 0) is 16.6 Å². The summed E-state index contributed by atoms with van der Waals surface area (Å²) in [5.74, 6) is 1.18. The summed E-state index contributed by atoms with van der Waals surface area (Å²) < 4.78 is 39.5. The zero-order valence-electron chi connectivity index (χ0n) is 17.6. The van der Waals surface area contributed by atoms with Gasteiger partial charge in [0.25, 0.3) is 5.56 Å². The fraction of sp³-hybridized carbons (Fsp3) is 0.348. The van der Waals surface area contributed by atoms with Crippen molar-refractivity contribution in [1.29, 1.82) is 0 Å². The van der Waals surface area contributed by atoms with Crippen LogP contribution >= 0.6 is 11.6 Å². The molecular formula is C23H23ClN2O5S. The van der Waals surface area contributed by atoms with Crippen molar-refractivity contribution in [3.05, 3.63) is 62.9 Å². The molecule has 1 aromatic heterocycles. The second-order valence-corrected chi connectivity index (χ2v) is 10.6. The Labute approximate surface area is 191 Å². The number of nitrogens with one attached hydrogen (secondary N) is 1. The molecule has 0 bridgehead atoms. The van der Waals surface area contributed by atoms with Crippen LogP contribution < -0.4 is 15.0 Å². The minimum absolute atomic E-state index is 0.0157. The Bertz CT molecular complexity index is 1360. The Balaban J connectivity index is 1.56. The Morgan fingerprint density at radius 1 is 1.09 bits per heavy atom. The van der Waals surface area contributed by atoms with Crippen molar-refractivity contribution in [2.24, 2.45) is 0 Å². The van der Waals surface area contributed by atoms with Crippen LogP contribution in [0, 0.1) is 6.92 Å². The molecule has 5 rings (SSSR count). The average Bonchev–Trinajstić information content (AvgIpc) is 3.44. The molecule has 2 aromatic carbocycles. The second-order valence-electron chi connectivity index (χ2n) is 8.32. The SMILES string of the molecule is Cc1ccc(S(=O)(=O)N(Cc2cc3cc4c(cc3[nH]c2=O)OCO4)C2CCCC2)cc1Cl. The first-order valence-electron chi connectivity index (χ1n) is 10.6. The lowest BCUT2D eigenvalue weighted by atomic mass is 10.1. The molecule has 0 amide bonds. The third kappa shape index (κ3) is 3.76. The topological polar surface area (TPSA) is 88.7 Å². The van der Waals surface area contributed by atoms with Gasteiger partial charge < -0.3 is 14.5 Å². The van der Waals surface area contributed by atoms with Gasteiger partial charge in [0.2, 0.25) is 16.8 Å². The number of sulfonamides is 1. The number of hydrogen-bond donors (Lipinski definition) is 1. The summed E-state index contributed by atoms with van der Waals surface area (Å²) in [6.07, 6.45) is 3.46. The highest BCUT2D eigenvalue weighted by atomic mass is 35.5. The van der Waals surface area contributed by atoms with E-state index in [0.717, 1.165) is 36.6 Å². The van der Waals surface area contributed by atoms with Gasteiger partial charge in [-0.3, -0.25) is 4.79 Å². The van der Waals surface area contributed by atoms with Gasteiger partial charge in [-0.1, -0.05) is 30.5 Å². The van der Waals surface area contributed by atoms with Crippen LogP contribution in [0.25, 0.3) is 10.9 Å². The number of rotatable bonds is 5. The van der Waals surface area contributed by atoms with Crippen LogP contribution in [0.1, 0.15) is 36.8 Å². The number of halogens is 1. The van der Waals surface area contributed by atoms with Gasteiger partial charge >= 0.3 is 0 Å². The first-order chi connectivity index (χ1) is 15.3. The highest BCUT2D eigenvalue weighted by molar-refractivity contribution is 7.89. The van der Waals surface area contributed by atoms with Crippen molar-refractivity contribution in [1.82, 2.24) is 9.29 Å². The quantitative estimate of drug-likeness (QED) is 0.593. The average molecular weight is 475 g/mol. The minimum Gasteiger partial charge on any atom is -0.454 e. The summed E-state index contributed by atoms with van der Waals surface area (Å²) in [5, 5.41) is 1.16. The van der Waals surface area contributed by atoms with E-state index < -0.39 is 10.0 Å². The van der Waals surface area contributed by atoms with Gasteiger partial charge in [-0.2, -0.15) is 4.31 Å². The van der Waals surface area contributed by atoms with Crippen molar-refractivity contribution >= 4 is 32.5 Å². The van der Waals surface area contributed by atoms with E-state index in [1.807, 2.05) is 6.92 Å². The highest BCUT2D eigenvalue weighted by Gasteiger charge is 2.34. The molecule has 9 heteroatoms. The predicted molar refractivity (Wildman–Crippen MR) is 122 cm³/mol. The summed E-state index contributed by atoms with van der Waals surface area (Å²) >= 11 is 6.22. The predicted octanol–water partition coefficient (Wildman–Crippen LogP) is 4.35. The molecule has 0 atom stereocenters. The van der Waals surface area contributed by atoms with Gasteiger partial charge in [0, 0.05) is 34.6 Å². The maximum Gasteiger partial charge on any atom is 0.252 e. The zero-order valence-corrected chi connectivity index (χ0v) is 19.1. The lowest BCUT2D eigenvalue weighted by Crippen LogP contribution is -2.39. The van der Waals surface area contributed by atoms with E-state index in [2.05, 4.69) is 4.98 Å². The van der Waals surface area contributed by atoms with Gasteiger partial charge in [-0.15, -0.1) is 0 Å². The first kappa shape index (κ1) is 21.3. The van der Waals surface area contributed by atoms with Gasteiger partial charge in [0.05, 0.1) is 10.4 Å². The summed E-state index contributed by atoms with van der Waals surface area (Å²) in [6.45, 7) is 1.95. The molecule has 32 heavy (non-hydrogen) atoms. The van der Waals surface area contributed by atoms with Crippen LogP contribution in [0.3, 0.4) is 0 Å². The Morgan fingerprint density at radius 2 is 1.81 bits per heavy atom. The number of ether oxygens (including phenoxy) is 2. The number of H-pyrrole nitrogens is 1. The molecule has 3 aromatic rings. The fourth-order valence-corrected chi connectivity index (χ4v) is 6.33. The van der Waals surface area contributed by atoms with E-state index in [0.29, 0.717) is 27.6 Å². The van der Waals surface area contributed by atoms with Crippen molar-refractivity contribution in [2.45, 2.75) is 50.1 Å². The molecule has 2 aliphatic rings. The number of nitrogens with zero attached hydrogens (tertiary/aromatic N) is 1. The van der Waals surface area contributed by atoms with Crippen LogP contribution in [0.2, 0.25) is 5.02 Å². The normalized spacial score (nSPS) is 16.3. The van der Waals surface area contributed by atoms with Crippen LogP contribution in [-0.4, -0.2) is 30.5 Å². The molecule has 1 N–H and O–H groups in total. The van der Waals surface area contributed by atoms with E-state index >= 15 is 0 Å². The maximum absolute atomic E-state index is 13.6. The molecule has 1 aliphatic carbocycles. The van der Waals surface area contributed by atoms with E-state index in [1.165, 1.54) is 10.4 Å². The van der Waals surface area contributed by atoms with Crippen molar-refractivity contribution in [3.8, 4) is 11.5 Å². The summed E-state index contributed by atoms with van der Waals surface area (Å²) in [5.41, 5.74) is 1.48. The zero-order chi connectivity index (χ0) is 22.5. The number of pyridine rings is 1. The summed E-state index contributed by atoms with van der Waals surface area (Å²) in [4.78, 5) is 15.9. The summed E-state index contributed by atoms with van der Waals surface area (Å²) in [7, 11) is -3.85. The number of benzene rings is 2. The largest absolute Gasteiger partial charge is 0.454 e. The molecule has 0 spiro atoms. The summed E-state index contributed by atoms with van der Waals surface area (Å²) in [6, 6.07) is 9.85. The third-order valence-corrected chi connectivity index (χ3v) is 8.52. The number of hydrogen-bond acceptors (Lipinski definition) is 5. The number of aromatic nitrogens is 1. The number of fused-ring (bicyclic) bond motifs is 2. The van der Waals surface area contributed by atoms with E-state index in [9.17, 15) is 13.2 Å². The molecule has 0 unspecified atom stereocenters. The Morgan fingerprint density at radius 3 is 2.53 bits per heavy atom. The van der Waals surface area contributed by atoms with Gasteiger partial charge in [-0.05, 0) is 49.6 Å². The molecule has 1 fully saturated rings. The molecule has 1 aliphatic heterocycles. The number of aromatic amines is 1. The standard InChI is InChI=1S/C23H23ClN2O5S/c1-14-6-7-18(10-19(14)24)32(28,29)26(17-4-2-3-5-17)12-16-8-15-9-21-22(31-13-30-21)11-20(15)25-23(16)27/h6-11,17H,2-5,12-13H2,1H3,(H,25,27). The Hall–Kier alpha value is -2.55. The van der Waals surface area contributed by atoms with Crippen LogP contribution in [0.15, 0.2) is 46.1 Å². The fourth-order valence-electron chi connectivity index (χ4n) is 4.40. The van der Waals surface area contributed by atoms with Crippen LogP contribution in [0.5, 0.6) is 11.5 Å². The van der Waals surface area contributed by atoms with E-state index in [1.54, 1.807) is 30.3 Å². The van der Waals surface area contributed by atoms with Gasteiger partial charge in [0.15, 0.2) is 11.5 Å². The lowest BCUT2D eigenvalue weighted by Gasteiger charge is -2.28. The Kier molecular flexibility index (Phi) is 5.39. The molecule has 7 nitrogen and oxygen atoms in total. The molecule has 0 radical (unpaired) electrons. The maximum atomic E-state index is 13.6. The van der Waals surface area contributed by atoms with Gasteiger partial charge in [0.1, 0.15) is 0 Å². The number of aryl methyl sites for hydroxylation is 1. The first-order valence-corrected chi connectivity index (χ1v) is 12.4. The monoisotopic (exact) mass is 474 g/mol.